The van der Waals surface area contributed by atoms with E-state index in [0.29, 0.717) is 5.15 Å². The van der Waals surface area contributed by atoms with Gasteiger partial charge in [0.05, 0.1) is 5.39 Å². The van der Waals surface area contributed by atoms with Crippen LogP contribution in [0.3, 0.4) is 0 Å². The Morgan fingerprint density at radius 1 is 1.42 bits per heavy atom. The van der Waals surface area contributed by atoms with Crippen LogP contribution in [0.5, 0.6) is 0 Å². The van der Waals surface area contributed by atoms with Crippen LogP contribution in [0, 0.1) is 13.8 Å². The number of aromatic nitrogens is 1. The van der Waals surface area contributed by atoms with E-state index < -0.39 is 0 Å². The lowest BCUT2D eigenvalue weighted by Crippen LogP contribution is -1.76. The standard InChI is InChI=1S/C9H8ClNO/c1-5-6(2)12-7-3-4-11-9(10)8(5)7/h3-4H,1-2H3. The van der Waals surface area contributed by atoms with Crippen molar-refractivity contribution in [3.63, 3.8) is 0 Å². The number of hydrogen-bond donors (Lipinski definition) is 0. The molecule has 3 heteroatoms. The van der Waals surface area contributed by atoms with Crippen LogP contribution in [0.4, 0.5) is 0 Å². The Hall–Kier alpha value is -1.02. The molecule has 0 saturated heterocycles. The van der Waals surface area contributed by atoms with Crippen LogP contribution in [-0.4, -0.2) is 4.98 Å². The molecule has 0 fully saturated rings. The number of furan rings is 1. The van der Waals surface area contributed by atoms with Crippen molar-refractivity contribution in [2.75, 3.05) is 0 Å². The zero-order valence-electron chi connectivity index (χ0n) is 6.89. The van der Waals surface area contributed by atoms with Gasteiger partial charge in [0.25, 0.3) is 0 Å². The number of hydrogen-bond acceptors (Lipinski definition) is 2. The normalized spacial score (nSPS) is 10.9. The second-order valence-corrected chi connectivity index (χ2v) is 3.12. The summed E-state index contributed by atoms with van der Waals surface area (Å²) in [6.07, 6.45) is 1.65. The molecule has 0 aromatic carbocycles. The van der Waals surface area contributed by atoms with Crippen LogP contribution in [0.25, 0.3) is 11.0 Å². The molecule has 2 heterocycles. The first kappa shape index (κ1) is 7.62. The summed E-state index contributed by atoms with van der Waals surface area (Å²) in [4.78, 5) is 3.99. The predicted octanol–water partition coefficient (Wildman–Crippen LogP) is 3.10. The molecule has 0 bridgehead atoms. The summed E-state index contributed by atoms with van der Waals surface area (Å²) in [5.74, 6) is 0.903. The molecule has 12 heavy (non-hydrogen) atoms. The van der Waals surface area contributed by atoms with Crippen molar-refractivity contribution in [3.8, 4) is 0 Å². The van der Waals surface area contributed by atoms with Gasteiger partial charge in [-0.1, -0.05) is 11.6 Å². The highest BCUT2D eigenvalue weighted by atomic mass is 35.5. The molecule has 0 atom stereocenters. The molecule has 62 valence electrons. The van der Waals surface area contributed by atoms with Crippen LogP contribution in [0.1, 0.15) is 11.3 Å². The van der Waals surface area contributed by atoms with E-state index >= 15 is 0 Å². The molecule has 0 spiro atoms. The van der Waals surface area contributed by atoms with Crippen molar-refractivity contribution in [2.45, 2.75) is 13.8 Å². The quantitative estimate of drug-likeness (QED) is 0.584. The SMILES string of the molecule is Cc1oc2ccnc(Cl)c2c1C. The highest BCUT2D eigenvalue weighted by Crippen LogP contribution is 2.28. The van der Waals surface area contributed by atoms with Gasteiger partial charge in [-0.05, 0) is 19.9 Å². The van der Waals surface area contributed by atoms with Gasteiger partial charge in [-0.3, -0.25) is 0 Å². The van der Waals surface area contributed by atoms with E-state index in [0.717, 1.165) is 22.3 Å². The molecule has 0 amide bonds. The van der Waals surface area contributed by atoms with Gasteiger partial charge in [0.2, 0.25) is 0 Å². The lowest BCUT2D eigenvalue weighted by molar-refractivity contribution is 0.575. The average molecular weight is 182 g/mol. The monoisotopic (exact) mass is 181 g/mol. The van der Waals surface area contributed by atoms with Gasteiger partial charge in [-0.25, -0.2) is 4.98 Å². The molecule has 0 aliphatic carbocycles. The van der Waals surface area contributed by atoms with Crippen molar-refractivity contribution in [1.82, 2.24) is 4.98 Å². The second-order valence-electron chi connectivity index (χ2n) is 2.76. The van der Waals surface area contributed by atoms with Gasteiger partial charge in [0.15, 0.2) is 0 Å². The summed E-state index contributed by atoms with van der Waals surface area (Å²) in [7, 11) is 0. The molecular formula is C9H8ClNO. The van der Waals surface area contributed by atoms with Gasteiger partial charge >= 0.3 is 0 Å². The van der Waals surface area contributed by atoms with Crippen molar-refractivity contribution < 1.29 is 4.42 Å². The van der Waals surface area contributed by atoms with E-state index in [4.69, 9.17) is 16.0 Å². The Balaban J connectivity index is 2.97. The fraction of sp³-hybridized carbons (Fsp3) is 0.222. The summed E-state index contributed by atoms with van der Waals surface area (Å²) in [5.41, 5.74) is 1.88. The maximum atomic E-state index is 5.90. The fourth-order valence-corrected chi connectivity index (χ4v) is 1.55. The third kappa shape index (κ3) is 0.916. The van der Waals surface area contributed by atoms with Gasteiger partial charge in [0.1, 0.15) is 16.5 Å². The number of halogens is 1. The minimum Gasteiger partial charge on any atom is -0.461 e. The zero-order valence-corrected chi connectivity index (χ0v) is 7.64. The largest absolute Gasteiger partial charge is 0.461 e. The third-order valence-electron chi connectivity index (χ3n) is 2.03. The van der Waals surface area contributed by atoms with Gasteiger partial charge in [-0.15, -0.1) is 0 Å². The lowest BCUT2D eigenvalue weighted by Gasteiger charge is -1.90. The molecule has 0 aliphatic rings. The first-order valence-electron chi connectivity index (χ1n) is 3.70. The van der Waals surface area contributed by atoms with E-state index in [-0.39, 0.29) is 0 Å². The van der Waals surface area contributed by atoms with Crippen LogP contribution in [-0.2, 0) is 0 Å². The van der Waals surface area contributed by atoms with Gasteiger partial charge in [0, 0.05) is 11.8 Å². The van der Waals surface area contributed by atoms with E-state index in [9.17, 15) is 0 Å². The molecule has 0 saturated carbocycles. The first-order chi connectivity index (χ1) is 5.70. The summed E-state index contributed by atoms with van der Waals surface area (Å²) >= 11 is 5.90. The minimum absolute atomic E-state index is 0.516. The Kier molecular flexibility index (Phi) is 1.58. The number of fused-ring (bicyclic) bond motifs is 1. The fourth-order valence-electron chi connectivity index (χ4n) is 1.26. The molecule has 0 N–H and O–H groups in total. The summed E-state index contributed by atoms with van der Waals surface area (Å²) < 4.78 is 5.46. The number of nitrogens with zero attached hydrogens (tertiary/aromatic N) is 1. The highest BCUT2D eigenvalue weighted by Gasteiger charge is 2.09. The smallest absolute Gasteiger partial charge is 0.140 e. The summed E-state index contributed by atoms with van der Waals surface area (Å²) in [6, 6.07) is 1.82. The highest BCUT2D eigenvalue weighted by molar-refractivity contribution is 6.34. The maximum absolute atomic E-state index is 5.90. The lowest BCUT2D eigenvalue weighted by atomic mass is 10.2. The van der Waals surface area contributed by atoms with Crippen molar-refractivity contribution in [1.29, 1.82) is 0 Å². The van der Waals surface area contributed by atoms with Crippen LogP contribution in [0.2, 0.25) is 5.15 Å². The van der Waals surface area contributed by atoms with Crippen molar-refractivity contribution in [3.05, 3.63) is 28.7 Å². The summed E-state index contributed by atoms with van der Waals surface area (Å²) in [5, 5.41) is 1.44. The van der Waals surface area contributed by atoms with E-state index in [1.54, 1.807) is 6.20 Å². The van der Waals surface area contributed by atoms with Crippen LogP contribution in [0.15, 0.2) is 16.7 Å². The van der Waals surface area contributed by atoms with E-state index in [2.05, 4.69) is 4.98 Å². The number of aryl methyl sites for hydroxylation is 2. The maximum Gasteiger partial charge on any atom is 0.140 e. The van der Waals surface area contributed by atoms with Crippen molar-refractivity contribution in [2.24, 2.45) is 0 Å². The number of rotatable bonds is 0. The van der Waals surface area contributed by atoms with Gasteiger partial charge < -0.3 is 4.42 Å². The Morgan fingerprint density at radius 2 is 2.17 bits per heavy atom. The zero-order chi connectivity index (χ0) is 8.72. The molecule has 0 aliphatic heterocycles. The number of pyridine rings is 1. The average Bonchev–Trinajstić information content (AvgIpc) is 2.29. The second kappa shape index (κ2) is 2.49. The van der Waals surface area contributed by atoms with Gasteiger partial charge in [-0.2, -0.15) is 0 Å². The Labute approximate surface area is 75.2 Å². The molecule has 2 rings (SSSR count). The third-order valence-corrected chi connectivity index (χ3v) is 2.32. The van der Waals surface area contributed by atoms with Crippen LogP contribution >= 0.6 is 11.6 Å². The minimum atomic E-state index is 0.516. The molecule has 2 aromatic heterocycles. The molecule has 2 nitrogen and oxygen atoms in total. The van der Waals surface area contributed by atoms with Crippen LogP contribution < -0.4 is 0 Å². The van der Waals surface area contributed by atoms with Crippen molar-refractivity contribution >= 4 is 22.6 Å². The molecular weight excluding hydrogens is 174 g/mol. The van der Waals surface area contributed by atoms with E-state index in [1.807, 2.05) is 19.9 Å². The Bertz CT molecular complexity index is 433. The Morgan fingerprint density at radius 3 is 2.83 bits per heavy atom. The first-order valence-corrected chi connectivity index (χ1v) is 4.08. The van der Waals surface area contributed by atoms with E-state index in [1.165, 1.54) is 0 Å². The molecule has 2 aromatic rings. The topological polar surface area (TPSA) is 26.0 Å². The summed E-state index contributed by atoms with van der Waals surface area (Å²) in [6.45, 7) is 3.90. The predicted molar refractivity (Wildman–Crippen MR) is 48.5 cm³/mol. The molecule has 0 unspecified atom stereocenters. The molecule has 0 radical (unpaired) electrons.